The molecule has 5 nitrogen and oxygen atoms in total. The highest BCUT2D eigenvalue weighted by molar-refractivity contribution is 5.81. The van der Waals surface area contributed by atoms with Gasteiger partial charge in [-0.05, 0) is 26.9 Å². The summed E-state index contributed by atoms with van der Waals surface area (Å²) in [6.45, 7) is 0.669. The zero-order chi connectivity index (χ0) is 12.3. The van der Waals surface area contributed by atoms with Gasteiger partial charge in [-0.1, -0.05) is 11.6 Å². The van der Waals surface area contributed by atoms with E-state index in [2.05, 4.69) is 10.1 Å². The van der Waals surface area contributed by atoms with Gasteiger partial charge in [0.05, 0.1) is 6.54 Å². The van der Waals surface area contributed by atoms with Crippen molar-refractivity contribution in [1.82, 2.24) is 15.0 Å². The first-order valence-corrected chi connectivity index (χ1v) is 6.14. The molecule has 17 heavy (non-hydrogen) atoms. The largest absolute Gasteiger partial charge is 0.339 e. The van der Waals surface area contributed by atoms with E-state index in [4.69, 9.17) is 4.52 Å². The van der Waals surface area contributed by atoms with Crippen LogP contribution in [-0.4, -0.2) is 34.9 Å². The number of hydrogen-bond donors (Lipinski definition) is 0. The Morgan fingerprint density at radius 3 is 2.94 bits per heavy atom. The number of aromatic nitrogens is 2. The molecule has 0 aliphatic heterocycles. The summed E-state index contributed by atoms with van der Waals surface area (Å²) in [6, 6.07) is 0. The van der Waals surface area contributed by atoms with Gasteiger partial charge < -0.3 is 9.42 Å². The second-order valence-electron chi connectivity index (χ2n) is 4.96. The molecule has 1 unspecified atom stereocenters. The molecule has 0 amide bonds. The predicted octanol–water partition coefficient (Wildman–Crippen LogP) is 1.43. The third-order valence-electron chi connectivity index (χ3n) is 3.07. The van der Waals surface area contributed by atoms with Crippen LogP contribution in [-0.2, 0) is 17.8 Å². The predicted molar refractivity (Wildman–Crippen MR) is 62.4 cm³/mol. The third kappa shape index (κ3) is 3.36. The Bertz CT molecular complexity index is 387. The molecule has 1 aliphatic rings. The number of Topliss-reactive ketones (excluding diaryl/α,β-unsaturated/α-hetero) is 1. The van der Waals surface area contributed by atoms with Gasteiger partial charge in [0.2, 0.25) is 5.89 Å². The van der Waals surface area contributed by atoms with Gasteiger partial charge in [0.1, 0.15) is 5.78 Å². The second-order valence-corrected chi connectivity index (χ2v) is 4.96. The molecule has 1 heterocycles. The molecular formula is C12H19N3O2. The minimum Gasteiger partial charge on any atom is -0.339 e. The Kier molecular flexibility index (Phi) is 3.89. The fraction of sp³-hybridized carbons (Fsp3) is 0.750. The molecule has 0 radical (unpaired) electrons. The Hall–Kier alpha value is -1.23. The lowest BCUT2D eigenvalue weighted by molar-refractivity contribution is -0.124. The molecule has 1 saturated carbocycles. The molecule has 1 aromatic rings. The number of nitrogens with zero attached hydrogens (tertiary/aromatic N) is 3. The highest BCUT2D eigenvalue weighted by Gasteiger charge is 2.24. The lowest BCUT2D eigenvalue weighted by Crippen LogP contribution is -2.21. The van der Waals surface area contributed by atoms with Crippen LogP contribution in [0.15, 0.2) is 4.52 Å². The van der Waals surface area contributed by atoms with Crippen LogP contribution in [0.4, 0.5) is 0 Å². The molecule has 1 fully saturated rings. The minimum absolute atomic E-state index is 0.0939. The van der Waals surface area contributed by atoms with E-state index in [0.29, 0.717) is 36.9 Å². The highest BCUT2D eigenvalue weighted by Crippen LogP contribution is 2.23. The van der Waals surface area contributed by atoms with Gasteiger partial charge in [0, 0.05) is 18.8 Å². The van der Waals surface area contributed by atoms with Crippen molar-refractivity contribution in [1.29, 1.82) is 0 Å². The molecule has 0 saturated heterocycles. The zero-order valence-corrected chi connectivity index (χ0v) is 10.5. The van der Waals surface area contributed by atoms with Gasteiger partial charge in [-0.3, -0.25) is 4.79 Å². The SMILES string of the molecule is CN(C)Cc1noc(CC2CCCCC2=O)n1. The fourth-order valence-electron chi connectivity index (χ4n) is 2.20. The summed E-state index contributed by atoms with van der Waals surface area (Å²) < 4.78 is 5.18. The number of carbonyl (C=O) groups is 1. The molecule has 0 spiro atoms. The van der Waals surface area contributed by atoms with Crippen molar-refractivity contribution in [3.8, 4) is 0 Å². The fourth-order valence-corrected chi connectivity index (χ4v) is 2.20. The minimum atomic E-state index is 0.0939. The van der Waals surface area contributed by atoms with E-state index in [1.807, 2.05) is 19.0 Å². The maximum absolute atomic E-state index is 11.7. The average molecular weight is 237 g/mol. The van der Waals surface area contributed by atoms with E-state index < -0.39 is 0 Å². The Morgan fingerprint density at radius 2 is 2.24 bits per heavy atom. The monoisotopic (exact) mass is 237 g/mol. The lowest BCUT2D eigenvalue weighted by Gasteiger charge is -2.18. The van der Waals surface area contributed by atoms with Gasteiger partial charge >= 0.3 is 0 Å². The maximum Gasteiger partial charge on any atom is 0.227 e. The van der Waals surface area contributed by atoms with E-state index in [1.165, 1.54) is 0 Å². The van der Waals surface area contributed by atoms with E-state index in [0.717, 1.165) is 19.3 Å². The van der Waals surface area contributed by atoms with Gasteiger partial charge in [-0.15, -0.1) is 0 Å². The standard InChI is InChI=1S/C12H19N3O2/c1-15(2)8-11-13-12(17-14-11)7-9-5-3-4-6-10(9)16/h9H,3-8H2,1-2H3. The van der Waals surface area contributed by atoms with E-state index in [-0.39, 0.29) is 5.92 Å². The van der Waals surface area contributed by atoms with Gasteiger partial charge in [-0.25, -0.2) is 0 Å². The summed E-state index contributed by atoms with van der Waals surface area (Å²) in [5, 5.41) is 3.91. The van der Waals surface area contributed by atoms with E-state index in [1.54, 1.807) is 0 Å². The van der Waals surface area contributed by atoms with Crippen LogP contribution in [0, 0.1) is 5.92 Å². The third-order valence-corrected chi connectivity index (χ3v) is 3.07. The molecule has 2 rings (SSSR count). The molecule has 1 atom stereocenters. The molecule has 1 aliphatic carbocycles. The van der Waals surface area contributed by atoms with Crippen molar-refractivity contribution in [3.05, 3.63) is 11.7 Å². The number of ketones is 1. The topological polar surface area (TPSA) is 59.2 Å². The maximum atomic E-state index is 11.7. The Morgan fingerprint density at radius 1 is 1.41 bits per heavy atom. The average Bonchev–Trinajstić information content (AvgIpc) is 2.68. The smallest absolute Gasteiger partial charge is 0.227 e. The number of carbonyl (C=O) groups excluding carboxylic acids is 1. The number of rotatable bonds is 4. The normalized spacial score (nSPS) is 21.1. The van der Waals surface area contributed by atoms with Gasteiger partial charge in [0.25, 0.3) is 0 Å². The van der Waals surface area contributed by atoms with Crippen molar-refractivity contribution < 1.29 is 9.32 Å². The second kappa shape index (κ2) is 5.40. The number of hydrogen-bond acceptors (Lipinski definition) is 5. The first-order chi connectivity index (χ1) is 8.15. The van der Waals surface area contributed by atoms with Crippen LogP contribution < -0.4 is 0 Å². The van der Waals surface area contributed by atoms with Gasteiger partial charge in [-0.2, -0.15) is 4.98 Å². The van der Waals surface area contributed by atoms with Crippen LogP contribution in [0.5, 0.6) is 0 Å². The summed E-state index contributed by atoms with van der Waals surface area (Å²) >= 11 is 0. The molecule has 94 valence electrons. The van der Waals surface area contributed by atoms with Crippen molar-refractivity contribution in [3.63, 3.8) is 0 Å². The summed E-state index contributed by atoms with van der Waals surface area (Å²) in [6.07, 6.45) is 4.45. The van der Waals surface area contributed by atoms with Crippen molar-refractivity contribution in [2.45, 2.75) is 38.6 Å². The summed E-state index contributed by atoms with van der Waals surface area (Å²) in [7, 11) is 3.92. The molecule has 1 aromatic heterocycles. The molecule has 5 heteroatoms. The quantitative estimate of drug-likeness (QED) is 0.793. The van der Waals surface area contributed by atoms with Crippen molar-refractivity contribution in [2.24, 2.45) is 5.92 Å². The molecule has 0 N–H and O–H groups in total. The molecular weight excluding hydrogens is 218 g/mol. The van der Waals surface area contributed by atoms with Crippen LogP contribution in [0.1, 0.15) is 37.4 Å². The van der Waals surface area contributed by atoms with Crippen molar-refractivity contribution >= 4 is 5.78 Å². The summed E-state index contributed by atoms with van der Waals surface area (Å²) in [5.41, 5.74) is 0. The summed E-state index contributed by atoms with van der Waals surface area (Å²) in [5.74, 6) is 1.73. The van der Waals surface area contributed by atoms with Crippen LogP contribution in [0.2, 0.25) is 0 Å². The molecule has 0 bridgehead atoms. The first kappa shape index (κ1) is 12.2. The van der Waals surface area contributed by atoms with E-state index >= 15 is 0 Å². The van der Waals surface area contributed by atoms with E-state index in [9.17, 15) is 4.79 Å². The summed E-state index contributed by atoms with van der Waals surface area (Å²) in [4.78, 5) is 18.0. The van der Waals surface area contributed by atoms with Crippen LogP contribution in [0.3, 0.4) is 0 Å². The highest BCUT2D eigenvalue weighted by atomic mass is 16.5. The lowest BCUT2D eigenvalue weighted by atomic mass is 9.86. The zero-order valence-electron chi connectivity index (χ0n) is 10.5. The Labute approximate surface area is 101 Å². The van der Waals surface area contributed by atoms with Crippen LogP contribution >= 0.6 is 0 Å². The van der Waals surface area contributed by atoms with Gasteiger partial charge in [0.15, 0.2) is 5.82 Å². The molecule has 0 aromatic carbocycles. The first-order valence-electron chi connectivity index (χ1n) is 6.14. The van der Waals surface area contributed by atoms with Crippen LogP contribution in [0.25, 0.3) is 0 Å². The Balaban J connectivity index is 1.93. The van der Waals surface area contributed by atoms with Crippen molar-refractivity contribution in [2.75, 3.05) is 14.1 Å².